The summed E-state index contributed by atoms with van der Waals surface area (Å²) in [6.45, 7) is 4.46. The van der Waals surface area contributed by atoms with Crippen molar-refractivity contribution in [2.24, 2.45) is 0 Å². The molecule has 8 heteroatoms. The summed E-state index contributed by atoms with van der Waals surface area (Å²) in [5.41, 5.74) is 0. The van der Waals surface area contributed by atoms with Crippen LogP contribution in [-0.4, -0.2) is 80.6 Å². The van der Waals surface area contributed by atoms with Gasteiger partial charge >= 0.3 is 17.9 Å². The van der Waals surface area contributed by atoms with E-state index in [1.807, 2.05) is 27.2 Å². The molecule has 0 aromatic heterocycles. The highest BCUT2D eigenvalue weighted by molar-refractivity contribution is 5.72. The second-order valence-electron chi connectivity index (χ2n) is 16.7. The maximum absolute atomic E-state index is 12.8. The molecule has 2 atom stereocenters. The molecule has 0 aliphatic carbocycles. The SMILES string of the molecule is CC/C=C/C=C/C=C/CCCCCCCC(=O)OCC(COCCC(C(=O)O)[N+](C)(C)C)OC(=O)CCCCCCCCCCCC/C=C/C/C=C/C/C=C/C/C=C/CC. The highest BCUT2D eigenvalue weighted by Crippen LogP contribution is 2.14. The number of nitrogens with zero attached hydrogens (tertiary/aromatic N) is 1. The first kappa shape index (κ1) is 56.5. The summed E-state index contributed by atoms with van der Waals surface area (Å²) in [5, 5.41) is 9.63. The van der Waals surface area contributed by atoms with Gasteiger partial charge in [0.15, 0.2) is 12.1 Å². The van der Waals surface area contributed by atoms with E-state index in [2.05, 4.69) is 92.8 Å². The number of quaternary nitrogens is 1. The van der Waals surface area contributed by atoms with Crippen LogP contribution in [0, 0.1) is 0 Å². The number of esters is 2. The van der Waals surface area contributed by atoms with Gasteiger partial charge in [-0.1, -0.05) is 170 Å². The monoisotopic (exact) mass is 839 g/mol. The van der Waals surface area contributed by atoms with Crippen LogP contribution in [0.5, 0.6) is 0 Å². The number of likely N-dealkylation sites (N-methyl/N-ethyl adjacent to an activating group) is 1. The first-order valence-corrected chi connectivity index (χ1v) is 23.7. The fourth-order valence-electron chi connectivity index (χ4n) is 6.49. The van der Waals surface area contributed by atoms with Crippen LogP contribution in [0.25, 0.3) is 0 Å². The number of hydrogen-bond acceptors (Lipinski definition) is 6. The molecule has 0 saturated heterocycles. The van der Waals surface area contributed by atoms with Gasteiger partial charge in [0.05, 0.1) is 34.4 Å². The van der Waals surface area contributed by atoms with E-state index < -0.39 is 18.1 Å². The van der Waals surface area contributed by atoms with Crippen molar-refractivity contribution in [3.63, 3.8) is 0 Å². The fraction of sp³-hybridized carbons (Fsp3) is 0.673. The molecule has 0 amide bonds. The number of carbonyl (C=O) groups excluding carboxylic acids is 2. The number of ether oxygens (including phenoxy) is 3. The molecule has 0 aliphatic rings. The van der Waals surface area contributed by atoms with Gasteiger partial charge in [-0.2, -0.15) is 0 Å². The number of unbranched alkanes of at least 4 members (excludes halogenated alkanes) is 15. The van der Waals surface area contributed by atoms with Crippen LogP contribution in [-0.2, 0) is 28.6 Å². The van der Waals surface area contributed by atoms with E-state index in [-0.39, 0.29) is 36.2 Å². The molecule has 60 heavy (non-hydrogen) atoms. The van der Waals surface area contributed by atoms with E-state index in [0.717, 1.165) is 89.9 Å². The summed E-state index contributed by atoms with van der Waals surface area (Å²) in [6, 6.07) is -0.623. The Kier molecular flexibility index (Phi) is 39.8. The third-order valence-electron chi connectivity index (χ3n) is 10.1. The minimum atomic E-state index is -0.882. The molecule has 8 nitrogen and oxygen atoms in total. The summed E-state index contributed by atoms with van der Waals surface area (Å²) >= 11 is 0. The molecule has 2 unspecified atom stereocenters. The molecule has 0 radical (unpaired) electrons. The third-order valence-corrected chi connectivity index (χ3v) is 10.1. The Balaban J connectivity index is 4.28. The van der Waals surface area contributed by atoms with Crippen molar-refractivity contribution in [1.82, 2.24) is 0 Å². The van der Waals surface area contributed by atoms with Crippen molar-refractivity contribution >= 4 is 17.9 Å². The van der Waals surface area contributed by atoms with Gasteiger partial charge in [0, 0.05) is 19.3 Å². The van der Waals surface area contributed by atoms with Gasteiger partial charge in [-0.25, -0.2) is 4.79 Å². The van der Waals surface area contributed by atoms with Crippen LogP contribution in [0.1, 0.15) is 174 Å². The topological polar surface area (TPSA) is 99.1 Å². The first-order chi connectivity index (χ1) is 29.1. The maximum atomic E-state index is 12.8. The Hall–Kier alpha value is -3.49. The first-order valence-electron chi connectivity index (χ1n) is 23.7. The van der Waals surface area contributed by atoms with E-state index in [1.54, 1.807) is 0 Å². The van der Waals surface area contributed by atoms with Crippen LogP contribution in [0.3, 0.4) is 0 Å². The third kappa shape index (κ3) is 39.9. The average Bonchev–Trinajstić information content (AvgIpc) is 3.21. The highest BCUT2D eigenvalue weighted by atomic mass is 16.6. The highest BCUT2D eigenvalue weighted by Gasteiger charge is 2.31. The molecule has 342 valence electrons. The molecule has 1 N–H and O–H groups in total. The predicted octanol–water partition coefficient (Wildman–Crippen LogP) is 13.3. The van der Waals surface area contributed by atoms with E-state index in [4.69, 9.17) is 14.2 Å². The molecule has 0 fully saturated rings. The minimum Gasteiger partial charge on any atom is -0.477 e. The van der Waals surface area contributed by atoms with Gasteiger partial charge in [-0.3, -0.25) is 9.59 Å². The molecule has 0 bridgehead atoms. The number of carboxylic acid groups (broad SMARTS) is 1. The van der Waals surface area contributed by atoms with Gasteiger partial charge < -0.3 is 23.8 Å². The lowest BCUT2D eigenvalue weighted by molar-refractivity contribution is -0.887. The number of aliphatic carboxylic acids is 1. The van der Waals surface area contributed by atoms with Crippen molar-refractivity contribution in [3.05, 3.63) is 85.1 Å². The Bertz CT molecular complexity index is 1250. The molecule has 0 aromatic carbocycles. The van der Waals surface area contributed by atoms with Crippen LogP contribution >= 0.6 is 0 Å². The molecule has 0 rings (SSSR count). The van der Waals surface area contributed by atoms with E-state index in [9.17, 15) is 19.5 Å². The zero-order valence-corrected chi connectivity index (χ0v) is 38.9. The molecule has 0 aliphatic heterocycles. The van der Waals surface area contributed by atoms with Crippen molar-refractivity contribution in [1.29, 1.82) is 0 Å². The van der Waals surface area contributed by atoms with Gasteiger partial charge in [0.25, 0.3) is 0 Å². The zero-order valence-electron chi connectivity index (χ0n) is 38.9. The smallest absolute Gasteiger partial charge is 0.362 e. The van der Waals surface area contributed by atoms with Gasteiger partial charge in [0.2, 0.25) is 0 Å². The van der Waals surface area contributed by atoms with Crippen LogP contribution < -0.4 is 0 Å². The number of rotatable bonds is 41. The standard InChI is InChI=1S/C52H87NO7/c1-6-8-10-12-14-16-18-20-21-22-23-24-25-26-27-28-29-31-33-35-37-39-41-43-51(55)60-48(46-58-45-44-49(52(56)57)53(3,4)5)47-59-50(54)42-40-38-36-34-32-30-19-17-15-13-11-9-7-2/h8-11,13-17,19-21,23-24,48-49H,6-7,12,18,22,25-47H2,1-5H3/p+1/b10-8+,11-9+,15-13+,16-14+,19-17+,21-20+,24-23+. The summed E-state index contributed by atoms with van der Waals surface area (Å²) in [6.07, 6.45) is 54.9. The van der Waals surface area contributed by atoms with Crippen LogP contribution in [0.15, 0.2) is 85.1 Å². The predicted molar refractivity (Wildman–Crippen MR) is 252 cm³/mol. The lowest BCUT2D eigenvalue weighted by Gasteiger charge is -2.31. The van der Waals surface area contributed by atoms with Gasteiger partial charge in [0.1, 0.15) is 6.61 Å². The number of carboxylic acids is 1. The zero-order chi connectivity index (χ0) is 44.2. The minimum absolute atomic E-state index is 0.0482. The number of carbonyl (C=O) groups is 3. The van der Waals surface area contributed by atoms with E-state index in [0.29, 0.717) is 19.3 Å². The van der Waals surface area contributed by atoms with Gasteiger partial charge in [-0.05, 0) is 70.6 Å². The average molecular weight is 839 g/mol. The second kappa shape index (κ2) is 42.2. The van der Waals surface area contributed by atoms with Crippen molar-refractivity contribution in [3.8, 4) is 0 Å². The summed E-state index contributed by atoms with van der Waals surface area (Å²) in [4.78, 5) is 37.0. The van der Waals surface area contributed by atoms with Gasteiger partial charge in [-0.15, -0.1) is 0 Å². The van der Waals surface area contributed by atoms with Crippen LogP contribution in [0.2, 0.25) is 0 Å². The van der Waals surface area contributed by atoms with E-state index in [1.165, 1.54) is 51.4 Å². The maximum Gasteiger partial charge on any atom is 0.362 e. The van der Waals surface area contributed by atoms with Crippen molar-refractivity contribution in [2.45, 2.75) is 187 Å². The Morgan fingerprint density at radius 2 is 0.967 bits per heavy atom. The van der Waals surface area contributed by atoms with Crippen LogP contribution in [0.4, 0.5) is 0 Å². The van der Waals surface area contributed by atoms with Crippen molar-refractivity contribution < 1.29 is 38.2 Å². The summed E-state index contributed by atoms with van der Waals surface area (Å²) in [7, 11) is 5.51. The Labute approximate surface area is 367 Å². The quantitative estimate of drug-likeness (QED) is 0.0215. The molecular weight excluding hydrogens is 751 g/mol. The fourth-order valence-corrected chi connectivity index (χ4v) is 6.49. The lowest BCUT2D eigenvalue weighted by Crippen LogP contribution is -2.50. The molecule has 0 aromatic rings. The number of hydrogen-bond donors (Lipinski definition) is 1. The Morgan fingerprint density at radius 1 is 0.517 bits per heavy atom. The summed E-state index contributed by atoms with van der Waals surface area (Å²) < 4.78 is 17.3. The normalized spacial score (nSPS) is 13.7. The lowest BCUT2D eigenvalue weighted by atomic mass is 10.0. The van der Waals surface area contributed by atoms with Crippen molar-refractivity contribution in [2.75, 3.05) is 41.0 Å². The number of allylic oxidation sites excluding steroid dienone is 14. The largest absolute Gasteiger partial charge is 0.477 e. The Morgan fingerprint density at radius 3 is 1.48 bits per heavy atom. The molecule has 0 spiro atoms. The summed E-state index contributed by atoms with van der Waals surface area (Å²) in [5.74, 6) is -1.51. The molecule has 0 saturated carbocycles. The molecular formula is C52H88NO7+. The second-order valence-corrected chi connectivity index (χ2v) is 16.7. The molecule has 0 heterocycles. The van der Waals surface area contributed by atoms with E-state index >= 15 is 0 Å².